The van der Waals surface area contributed by atoms with Crippen LogP contribution in [-0.4, -0.2) is 0 Å². The fourth-order valence-electron chi connectivity index (χ4n) is 6.17. The van der Waals surface area contributed by atoms with Crippen molar-refractivity contribution in [3.8, 4) is 11.1 Å². The number of para-hydroxylation sites is 1. The Balaban J connectivity index is 1.32. The number of nitrogens with zero attached hydrogens (tertiary/aromatic N) is 1. The topological polar surface area (TPSA) is 3.24 Å². The Morgan fingerprint density at radius 3 is 1.76 bits per heavy atom. The second kappa shape index (κ2) is 9.66. The van der Waals surface area contributed by atoms with Gasteiger partial charge in [-0.1, -0.05) is 115 Å². The van der Waals surface area contributed by atoms with Gasteiger partial charge in [0, 0.05) is 16.8 Å². The normalized spacial score (nSPS) is 11.4. The van der Waals surface area contributed by atoms with E-state index in [2.05, 4.69) is 169 Å². The Labute approximate surface area is 239 Å². The molecular weight excluding hydrogens is 494 g/mol. The van der Waals surface area contributed by atoms with Crippen LogP contribution in [0.15, 0.2) is 164 Å². The summed E-state index contributed by atoms with van der Waals surface area (Å²) in [4.78, 5) is 2.39. The number of hydrogen-bond acceptors (Lipinski definition) is 1. The van der Waals surface area contributed by atoms with Gasteiger partial charge in [0.25, 0.3) is 0 Å². The molecule has 0 aliphatic heterocycles. The molecule has 8 aromatic carbocycles. The highest BCUT2D eigenvalue weighted by molar-refractivity contribution is 6.07. The lowest BCUT2D eigenvalue weighted by atomic mass is 9.95. The molecule has 1 heteroatoms. The smallest absolute Gasteiger partial charge is 0.0540 e. The number of hydrogen-bond donors (Lipinski definition) is 0. The molecule has 0 aromatic heterocycles. The SMILES string of the molecule is c1ccc(N(c2ccc3c(-c4ccc5ccccc5c4)cccc3c2)c2cccc3cc4ccccc4cc23)cc1. The van der Waals surface area contributed by atoms with Crippen molar-refractivity contribution in [1.82, 2.24) is 0 Å². The molecule has 0 fully saturated rings. The van der Waals surface area contributed by atoms with Crippen molar-refractivity contribution in [2.45, 2.75) is 0 Å². The zero-order valence-corrected chi connectivity index (χ0v) is 22.5. The summed E-state index contributed by atoms with van der Waals surface area (Å²) in [7, 11) is 0. The molecule has 0 radical (unpaired) electrons. The molecule has 0 aliphatic rings. The average Bonchev–Trinajstić information content (AvgIpc) is 3.04. The standard InChI is InChI=1S/C40H27N/c1-2-16-35(17-3-1)41(40-19-9-15-32-25-30-12-6-7-13-31(30)27-39(32)40)36-22-23-38-33(26-36)14-8-18-37(38)34-21-20-28-10-4-5-11-29(28)24-34/h1-27H. The van der Waals surface area contributed by atoms with Gasteiger partial charge < -0.3 is 4.90 Å². The molecule has 8 aromatic rings. The second-order valence-corrected chi connectivity index (χ2v) is 10.6. The molecule has 0 heterocycles. The van der Waals surface area contributed by atoms with Crippen LogP contribution in [-0.2, 0) is 0 Å². The monoisotopic (exact) mass is 521 g/mol. The van der Waals surface area contributed by atoms with Crippen molar-refractivity contribution in [3.05, 3.63) is 164 Å². The van der Waals surface area contributed by atoms with Gasteiger partial charge in [-0.2, -0.15) is 0 Å². The van der Waals surface area contributed by atoms with Crippen LogP contribution in [0.4, 0.5) is 17.1 Å². The van der Waals surface area contributed by atoms with Crippen molar-refractivity contribution < 1.29 is 0 Å². The van der Waals surface area contributed by atoms with E-state index in [0.29, 0.717) is 0 Å². The summed E-state index contributed by atoms with van der Waals surface area (Å²) in [5.74, 6) is 0. The van der Waals surface area contributed by atoms with E-state index in [4.69, 9.17) is 0 Å². The van der Waals surface area contributed by atoms with Crippen molar-refractivity contribution in [1.29, 1.82) is 0 Å². The fourth-order valence-corrected chi connectivity index (χ4v) is 6.17. The van der Waals surface area contributed by atoms with Crippen LogP contribution in [0.25, 0.3) is 54.2 Å². The molecule has 0 amide bonds. The molecule has 0 saturated carbocycles. The highest BCUT2D eigenvalue weighted by Gasteiger charge is 2.17. The molecule has 0 N–H and O–H groups in total. The highest BCUT2D eigenvalue weighted by atomic mass is 15.1. The quantitative estimate of drug-likeness (QED) is 0.208. The van der Waals surface area contributed by atoms with Gasteiger partial charge >= 0.3 is 0 Å². The zero-order valence-electron chi connectivity index (χ0n) is 22.5. The Morgan fingerprint density at radius 2 is 0.951 bits per heavy atom. The first-order valence-electron chi connectivity index (χ1n) is 14.1. The first kappa shape index (κ1) is 23.5. The van der Waals surface area contributed by atoms with Gasteiger partial charge in [0.2, 0.25) is 0 Å². The predicted octanol–water partition coefficient (Wildman–Crippen LogP) is 11.4. The van der Waals surface area contributed by atoms with Crippen molar-refractivity contribution in [2.24, 2.45) is 0 Å². The first-order chi connectivity index (χ1) is 20.3. The van der Waals surface area contributed by atoms with Crippen LogP contribution >= 0.6 is 0 Å². The van der Waals surface area contributed by atoms with E-state index < -0.39 is 0 Å². The van der Waals surface area contributed by atoms with Crippen LogP contribution in [0, 0.1) is 0 Å². The Kier molecular flexibility index (Phi) is 5.53. The van der Waals surface area contributed by atoms with Gasteiger partial charge in [-0.25, -0.2) is 0 Å². The van der Waals surface area contributed by atoms with Gasteiger partial charge in [-0.3, -0.25) is 0 Å². The third kappa shape index (κ3) is 4.11. The van der Waals surface area contributed by atoms with E-state index >= 15 is 0 Å². The second-order valence-electron chi connectivity index (χ2n) is 10.6. The van der Waals surface area contributed by atoms with Crippen LogP contribution in [0.3, 0.4) is 0 Å². The Morgan fingerprint density at radius 1 is 0.317 bits per heavy atom. The summed E-state index contributed by atoms with van der Waals surface area (Å²) < 4.78 is 0. The van der Waals surface area contributed by atoms with E-state index in [1.54, 1.807) is 0 Å². The van der Waals surface area contributed by atoms with E-state index in [1.807, 2.05) is 0 Å². The lowest BCUT2D eigenvalue weighted by molar-refractivity contribution is 1.30. The minimum absolute atomic E-state index is 1.14. The minimum Gasteiger partial charge on any atom is -0.310 e. The zero-order chi connectivity index (χ0) is 27.2. The highest BCUT2D eigenvalue weighted by Crippen LogP contribution is 2.41. The molecular formula is C40H27N. The summed E-state index contributed by atoms with van der Waals surface area (Å²) in [6.07, 6.45) is 0. The van der Waals surface area contributed by atoms with Crippen LogP contribution in [0.2, 0.25) is 0 Å². The van der Waals surface area contributed by atoms with Crippen LogP contribution < -0.4 is 4.90 Å². The lowest BCUT2D eigenvalue weighted by Crippen LogP contribution is -2.10. The number of anilines is 3. The Bertz CT molecular complexity index is 2210. The van der Waals surface area contributed by atoms with E-state index in [0.717, 1.165) is 11.4 Å². The third-order valence-corrected chi connectivity index (χ3v) is 8.16. The first-order valence-corrected chi connectivity index (χ1v) is 14.1. The van der Waals surface area contributed by atoms with Crippen LogP contribution in [0.5, 0.6) is 0 Å². The maximum atomic E-state index is 2.39. The molecule has 0 atom stereocenters. The van der Waals surface area contributed by atoms with E-state index in [-0.39, 0.29) is 0 Å². The third-order valence-electron chi connectivity index (χ3n) is 8.16. The molecule has 0 bridgehead atoms. The van der Waals surface area contributed by atoms with E-state index in [9.17, 15) is 0 Å². The van der Waals surface area contributed by atoms with Crippen LogP contribution in [0.1, 0.15) is 0 Å². The molecule has 0 saturated heterocycles. The van der Waals surface area contributed by atoms with Gasteiger partial charge in [-0.15, -0.1) is 0 Å². The van der Waals surface area contributed by atoms with Gasteiger partial charge in [0.1, 0.15) is 0 Å². The van der Waals surface area contributed by atoms with Gasteiger partial charge in [0.05, 0.1) is 5.69 Å². The Hall–Kier alpha value is -5.40. The molecule has 0 aliphatic carbocycles. The minimum atomic E-state index is 1.14. The van der Waals surface area contributed by atoms with Gasteiger partial charge in [0.15, 0.2) is 0 Å². The summed E-state index contributed by atoms with van der Waals surface area (Å²) in [6, 6.07) is 59.4. The molecule has 0 unspecified atom stereocenters. The number of benzene rings is 8. The molecule has 41 heavy (non-hydrogen) atoms. The molecule has 0 spiro atoms. The maximum absolute atomic E-state index is 2.39. The summed E-state index contributed by atoms with van der Waals surface area (Å²) in [6.45, 7) is 0. The summed E-state index contributed by atoms with van der Waals surface area (Å²) >= 11 is 0. The summed E-state index contributed by atoms with van der Waals surface area (Å²) in [5.41, 5.74) is 5.94. The number of fused-ring (bicyclic) bond motifs is 4. The molecule has 1 nitrogen and oxygen atoms in total. The largest absolute Gasteiger partial charge is 0.310 e. The van der Waals surface area contributed by atoms with E-state index in [1.165, 1.54) is 59.9 Å². The van der Waals surface area contributed by atoms with Crippen molar-refractivity contribution >= 4 is 60.2 Å². The summed E-state index contributed by atoms with van der Waals surface area (Å²) in [5, 5.41) is 9.98. The number of rotatable bonds is 4. The fraction of sp³-hybridized carbons (Fsp3) is 0. The van der Waals surface area contributed by atoms with Crippen molar-refractivity contribution in [3.63, 3.8) is 0 Å². The maximum Gasteiger partial charge on any atom is 0.0540 e. The van der Waals surface area contributed by atoms with Crippen molar-refractivity contribution in [2.75, 3.05) is 4.90 Å². The predicted molar refractivity (Wildman–Crippen MR) is 177 cm³/mol. The van der Waals surface area contributed by atoms with Gasteiger partial charge in [-0.05, 0) is 97.4 Å². The molecule has 192 valence electrons. The lowest BCUT2D eigenvalue weighted by Gasteiger charge is -2.27. The molecule has 8 rings (SSSR count). The average molecular weight is 522 g/mol.